The largest absolute Gasteiger partial charge is 0.464 e. The predicted octanol–water partition coefficient (Wildman–Crippen LogP) is 4.19. The van der Waals surface area contributed by atoms with Gasteiger partial charge in [-0.05, 0) is 35.9 Å². The number of hydrogen-bond acceptors (Lipinski definition) is 4. The third kappa shape index (κ3) is 3.49. The Kier molecular flexibility index (Phi) is 4.99. The van der Waals surface area contributed by atoms with Crippen molar-refractivity contribution in [2.24, 2.45) is 0 Å². The van der Waals surface area contributed by atoms with Crippen LogP contribution in [0.4, 0.5) is 0 Å². The molecule has 0 bridgehead atoms. The molecule has 25 heavy (non-hydrogen) atoms. The summed E-state index contributed by atoms with van der Waals surface area (Å²) >= 11 is 17.9. The highest BCUT2D eigenvalue weighted by atomic mass is 35.5. The van der Waals surface area contributed by atoms with Crippen molar-refractivity contribution in [3.05, 3.63) is 73.1 Å². The normalized spacial score (nSPS) is 10.9. The number of benzene rings is 2. The number of carbonyl (C=O) groups is 1. The van der Waals surface area contributed by atoms with E-state index in [0.29, 0.717) is 31.4 Å². The Morgan fingerprint density at radius 2 is 1.84 bits per heavy atom. The maximum absolute atomic E-state index is 12.7. The number of rotatable bonds is 3. The molecule has 0 aliphatic heterocycles. The molecule has 0 amide bonds. The van der Waals surface area contributed by atoms with Crippen LogP contribution in [0.25, 0.3) is 10.8 Å². The number of aromatic nitrogens is 2. The Morgan fingerprint density at radius 3 is 2.52 bits per heavy atom. The Morgan fingerprint density at radius 1 is 1.08 bits per heavy atom. The van der Waals surface area contributed by atoms with E-state index >= 15 is 0 Å². The summed E-state index contributed by atoms with van der Waals surface area (Å²) in [5.41, 5.74) is 0.373. The zero-order valence-electron chi connectivity index (χ0n) is 12.9. The maximum atomic E-state index is 12.7. The number of halogens is 3. The lowest BCUT2D eigenvalue weighted by molar-refractivity contribution is 0.0593. The highest BCUT2D eigenvalue weighted by Gasteiger charge is 2.18. The molecule has 3 rings (SSSR count). The van der Waals surface area contributed by atoms with Gasteiger partial charge in [0.05, 0.1) is 29.1 Å². The molecule has 0 atom stereocenters. The average Bonchev–Trinajstić information content (AvgIpc) is 2.59. The zero-order chi connectivity index (χ0) is 18.1. The van der Waals surface area contributed by atoms with Crippen LogP contribution < -0.4 is 5.56 Å². The Labute approximate surface area is 157 Å². The highest BCUT2D eigenvalue weighted by Crippen LogP contribution is 2.23. The predicted molar refractivity (Wildman–Crippen MR) is 97.9 cm³/mol. The monoisotopic (exact) mass is 396 g/mol. The molecular weight excluding hydrogens is 387 g/mol. The Balaban J connectivity index is 2.19. The first-order valence-corrected chi connectivity index (χ1v) is 8.26. The van der Waals surface area contributed by atoms with E-state index in [2.05, 4.69) is 5.10 Å². The van der Waals surface area contributed by atoms with E-state index in [-0.39, 0.29) is 17.8 Å². The van der Waals surface area contributed by atoms with Gasteiger partial charge < -0.3 is 4.74 Å². The van der Waals surface area contributed by atoms with Crippen molar-refractivity contribution in [3.8, 4) is 0 Å². The molecule has 0 spiro atoms. The summed E-state index contributed by atoms with van der Waals surface area (Å²) in [5, 5.41) is 5.99. The Bertz CT molecular complexity index is 1050. The van der Waals surface area contributed by atoms with E-state index in [9.17, 15) is 9.59 Å². The van der Waals surface area contributed by atoms with Crippen LogP contribution in [-0.4, -0.2) is 22.9 Å². The first-order valence-electron chi connectivity index (χ1n) is 7.13. The lowest BCUT2D eigenvalue weighted by atomic mass is 10.1. The Hall–Kier alpha value is -2.08. The second-order valence-electron chi connectivity index (χ2n) is 5.24. The summed E-state index contributed by atoms with van der Waals surface area (Å²) in [4.78, 5) is 24.8. The zero-order valence-corrected chi connectivity index (χ0v) is 15.2. The molecule has 0 unspecified atom stereocenters. The third-order valence-electron chi connectivity index (χ3n) is 3.62. The van der Waals surface area contributed by atoms with Gasteiger partial charge in [-0.25, -0.2) is 9.48 Å². The average molecular weight is 398 g/mol. The van der Waals surface area contributed by atoms with Crippen LogP contribution in [0.3, 0.4) is 0 Å². The lowest BCUT2D eigenvalue weighted by Crippen LogP contribution is -2.26. The van der Waals surface area contributed by atoms with E-state index in [1.165, 1.54) is 17.9 Å². The summed E-state index contributed by atoms with van der Waals surface area (Å²) < 4.78 is 5.95. The van der Waals surface area contributed by atoms with Crippen LogP contribution in [0.2, 0.25) is 15.1 Å². The van der Waals surface area contributed by atoms with Gasteiger partial charge in [0.2, 0.25) is 0 Å². The second-order valence-corrected chi connectivity index (χ2v) is 6.49. The van der Waals surface area contributed by atoms with Crippen molar-refractivity contribution >= 4 is 51.5 Å². The standard InChI is InChI=1S/C17H11Cl3N2O3/c1-25-17(24)15-12-7-10(18)3-4-11(12)16(23)22(21-15)8-9-2-5-13(19)14(20)6-9/h2-7H,8H2,1H3. The van der Waals surface area contributed by atoms with Crippen molar-refractivity contribution < 1.29 is 9.53 Å². The fraction of sp³-hybridized carbons (Fsp3) is 0.118. The molecule has 0 N–H and O–H groups in total. The topological polar surface area (TPSA) is 61.2 Å². The van der Waals surface area contributed by atoms with Gasteiger partial charge in [-0.3, -0.25) is 4.79 Å². The van der Waals surface area contributed by atoms with Gasteiger partial charge in [0.1, 0.15) is 0 Å². The lowest BCUT2D eigenvalue weighted by Gasteiger charge is -2.11. The van der Waals surface area contributed by atoms with Gasteiger partial charge >= 0.3 is 5.97 Å². The minimum absolute atomic E-state index is 0.0136. The second kappa shape index (κ2) is 7.04. The molecule has 128 valence electrons. The van der Waals surface area contributed by atoms with Crippen molar-refractivity contribution in [1.29, 1.82) is 0 Å². The molecule has 0 aliphatic carbocycles. The third-order valence-corrected chi connectivity index (χ3v) is 4.59. The van der Waals surface area contributed by atoms with E-state index < -0.39 is 5.97 Å². The summed E-state index contributed by atoms with van der Waals surface area (Å²) in [6.45, 7) is 0.123. The van der Waals surface area contributed by atoms with Gasteiger partial charge in [-0.1, -0.05) is 40.9 Å². The fourth-order valence-electron chi connectivity index (χ4n) is 2.42. The van der Waals surface area contributed by atoms with E-state index in [4.69, 9.17) is 39.5 Å². The molecule has 0 radical (unpaired) electrons. The summed E-state index contributed by atoms with van der Waals surface area (Å²) in [5.74, 6) is -0.657. The van der Waals surface area contributed by atoms with Crippen LogP contribution >= 0.6 is 34.8 Å². The number of ether oxygens (including phenoxy) is 1. The number of esters is 1. The molecule has 0 saturated heterocycles. The first-order chi connectivity index (χ1) is 11.9. The number of hydrogen-bond donors (Lipinski definition) is 0. The first kappa shape index (κ1) is 17.7. The van der Waals surface area contributed by atoms with Crippen molar-refractivity contribution in [2.45, 2.75) is 6.54 Å². The molecule has 2 aromatic carbocycles. The van der Waals surface area contributed by atoms with Gasteiger partial charge in [0, 0.05) is 10.4 Å². The number of fused-ring (bicyclic) bond motifs is 1. The fourth-order valence-corrected chi connectivity index (χ4v) is 2.92. The van der Waals surface area contributed by atoms with Crippen molar-refractivity contribution in [2.75, 3.05) is 7.11 Å². The summed E-state index contributed by atoms with van der Waals surface area (Å²) in [7, 11) is 1.24. The van der Waals surface area contributed by atoms with Crippen LogP contribution in [0.5, 0.6) is 0 Å². The molecule has 0 saturated carbocycles. The van der Waals surface area contributed by atoms with Gasteiger partial charge in [0.25, 0.3) is 5.56 Å². The summed E-state index contributed by atoms with van der Waals surface area (Å²) in [6.07, 6.45) is 0. The minimum atomic E-state index is -0.657. The minimum Gasteiger partial charge on any atom is -0.464 e. The van der Waals surface area contributed by atoms with E-state index in [1.807, 2.05) is 0 Å². The van der Waals surface area contributed by atoms with E-state index in [1.54, 1.807) is 30.3 Å². The van der Waals surface area contributed by atoms with Crippen molar-refractivity contribution in [3.63, 3.8) is 0 Å². The van der Waals surface area contributed by atoms with Crippen LogP contribution in [-0.2, 0) is 11.3 Å². The van der Waals surface area contributed by atoms with Gasteiger partial charge in [0.15, 0.2) is 5.69 Å². The number of nitrogens with zero attached hydrogens (tertiary/aromatic N) is 2. The SMILES string of the molecule is COC(=O)c1nn(Cc2ccc(Cl)c(Cl)c2)c(=O)c2ccc(Cl)cc12. The smallest absolute Gasteiger partial charge is 0.359 e. The van der Waals surface area contributed by atoms with Crippen LogP contribution in [0.1, 0.15) is 16.1 Å². The molecule has 5 nitrogen and oxygen atoms in total. The van der Waals surface area contributed by atoms with Gasteiger partial charge in [-0.2, -0.15) is 5.10 Å². The number of carbonyl (C=O) groups excluding carboxylic acids is 1. The molecule has 0 aliphatic rings. The van der Waals surface area contributed by atoms with Gasteiger partial charge in [-0.15, -0.1) is 0 Å². The van der Waals surface area contributed by atoms with Crippen LogP contribution in [0, 0.1) is 0 Å². The van der Waals surface area contributed by atoms with Crippen LogP contribution in [0.15, 0.2) is 41.2 Å². The quantitative estimate of drug-likeness (QED) is 0.622. The molecule has 8 heteroatoms. The molecule has 1 heterocycles. The molecule has 1 aromatic heterocycles. The maximum Gasteiger partial charge on any atom is 0.359 e. The summed E-state index contributed by atoms with van der Waals surface area (Å²) in [6, 6.07) is 9.65. The van der Waals surface area contributed by atoms with Crippen molar-refractivity contribution in [1.82, 2.24) is 9.78 Å². The molecular formula is C17H11Cl3N2O3. The highest BCUT2D eigenvalue weighted by molar-refractivity contribution is 6.42. The molecule has 3 aromatic rings. The molecule has 0 fully saturated rings. The number of methoxy groups -OCH3 is 1. The van der Waals surface area contributed by atoms with E-state index in [0.717, 1.165) is 0 Å².